The SMILES string of the molecule is Fc1ccc(CCNC(CCc2ccccc2)Cc2ccc(Cl)cc2)cc1. The Morgan fingerprint density at radius 1 is 0.741 bits per heavy atom. The molecule has 0 radical (unpaired) electrons. The van der Waals surface area contributed by atoms with Gasteiger partial charge >= 0.3 is 0 Å². The molecule has 0 aliphatic heterocycles. The second-order valence-corrected chi connectivity index (χ2v) is 7.32. The summed E-state index contributed by atoms with van der Waals surface area (Å²) in [6.07, 6.45) is 3.97. The Morgan fingerprint density at radius 3 is 2.07 bits per heavy atom. The van der Waals surface area contributed by atoms with Gasteiger partial charge in [-0.25, -0.2) is 4.39 Å². The number of nitrogens with one attached hydrogen (secondary N) is 1. The van der Waals surface area contributed by atoms with Crippen molar-refractivity contribution in [1.82, 2.24) is 5.32 Å². The molecule has 0 aliphatic rings. The zero-order chi connectivity index (χ0) is 18.9. The molecule has 0 aliphatic carbocycles. The highest BCUT2D eigenvalue weighted by molar-refractivity contribution is 6.30. The lowest BCUT2D eigenvalue weighted by molar-refractivity contribution is 0.480. The summed E-state index contributed by atoms with van der Waals surface area (Å²) in [6.45, 7) is 0.874. The van der Waals surface area contributed by atoms with Crippen molar-refractivity contribution >= 4 is 11.6 Å². The first-order chi connectivity index (χ1) is 13.2. The van der Waals surface area contributed by atoms with Crippen LogP contribution in [0.4, 0.5) is 4.39 Å². The summed E-state index contributed by atoms with van der Waals surface area (Å²) < 4.78 is 13.0. The van der Waals surface area contributed by atoms with Crippen LogP contribution in [0, 0.1) is 5.82 Å². The lowest BCUT2D eigenvalue weighted by atomic mass is 9.98. The van der Waals surface area contributed by atoms with Crippen LogP contribution in [0.5, 0.6) is 0 Å². The van der Waals surface area contributed by atoms with E-state index in [1.54, 1.807) is 0 Å². The molecule has 0 aromatic heterocycles. The second kappa shape index (κ2) is 10.2. The fourth-order valence-electron chi connectivity index (χ4n) is 3.24. The molecule has 140 valence electrons. The van der Waals surface area contributed by atoms with E-state index in [4.69, 9.17) is 11.6 Å². The third kappa shape index (κ3) is 6.82. The number of hydrogen-bond acceptors (Lipinski definition) is 1. The maximum atomic E-state index is 13.0. The molecule has 1 nitrogen and oxygen atoms in total. The normalized spacial score (nSPS) is 12.1. The first kappa shape index (κ1) is 19.6. The lowest BCUT2D eigenvalue weighted by Gasteiger charge is -2.19. The smallest absolute Gasteiger partial charge is 0.123 e. The Bertz CT molecular complexity index is 800. The molecule has 0 saturated heterocycles. The Hall–Kier alpha value is -2.16. The number of benzene rings is 3. The molecular formula is C24H25ClFN. The van der Waals surface area contributed by atoms with E-state index in [-0.39, 0.29) is 5.82 Å². The van der Waals surface area contributed by atoms with E-state index in [2.05, 4.69) is 47.8 Å². The fourth-order valence-corrected chi connectivity index (χ4v) is 3.36. The molecule has 3 aromatic carbocycles. The van der Waals surface area contributed by atoms with E-state index < -0.39 is 0 Å². The molecule has 3 aromatic rings. The minimum Gasteiger partial charge on any atom is -0.313 e. The number of hydrogen-bond donors (Lipinski definition) is 1. The van der Waals surface area contributed by atoms with E-state index in [0.29, 0.717) is 6.04 Å². The van der Waals surface area contributed by atoms with Crippen LogP contribution in [-0.2, 0) is 19.3 Å². The highest BCUT2D eigenvalue weighted by Crippen LogP contribution is 2.14. The van der Waals surface area contributed by atoms with Crippen LogP contribution >= 0.6 is 11.6 Å². The van der Waals surface area contributed by atoms with Gasteiger partial charge in [-0.15, -0.1) is 0 Å². The third-order valence-corrected chi connectivity index (χ3v) is 5.03. The Balaban J connectivity index is 1.57. The maximum absolute atomic E-state index is 13.0. The zero-order valence-corrected chi connectivity index (χ0v) is 16.1. The second-order valence-electron chi connectivity index (χ2n) is 6.88. The standard InChI is InChI=1S/C24H25ClFN/c25-22-11-6-21(7-12-22)18-24(15-10-19-4-2-1-3-5-19)27-17-16-20-8-13-23(26)14-9-20/h1-9,11-14,24,27H,10,15-18H2. The Labute approximate surface area is 166 Å². The van der Waals surface area contributed by atoms with Crippen molar-refractivity contribution in [2.24, 2.45) is 0 Å². The van der Waals surface area contributed by atoms with Gasteiger partial charge in [0.15, 0.2) is 0 Å². The van der Waals surface area contributed by atoms with Gasteiger partial charge in [0.1, 0.15) is 5.82 Å². The monoisotopic (exact) mass is 381 g/mol. The van der Waals surface area contributed by atoms with E-state index in [0.717, 1.165) is 42.8 Å². The molecule has 1 unspecified atom stereocenters. The first-order valence-corrected chi connectivity index (χ1v) is 9.83. The molecule has 0 fully saturated rings. The fraction of sp³-hybridized carbons (Fsp3) is 0.250. The maximum Gasteiger partial charge on any atom is 0.123 e. The van der Waals surface area contributed by atoms with Crippen LogP contribution in [0.2, 0.25) is 5.02 Å². The van der Waals surface area contributed by atoms with Gasteiger partial charge in [0.25, 0.3) is 0 Å². The summed E-state index contributed by atoms with van der Waals surface area (Å²) in [5.74, 6) is -0.185. The number of rotatable bonds is 9. The Morgan fingerprint density at radius 2 is 1.37 bits per heavy atom. The molecule has 0 heterocycles. The molecule has 3 rings (SSSR count). The largest absolute Gasteiger partial charge is 0.313 e. The quantitative estimate of drug-likeness (QED) is 0.489. The molecule has 0 saturated carbocycles. The minimum absolute atomic E-state index is 0.185. The van der Waals surface area contributed by atoms with Gasteiger partial charge in [0.2, 0.25) is 0 Å². The van der Waals surface area contributed by atoms with Gasteiger partial charge < -0.3 is 5.32 Å². The van der Waals surface area contributed by atoms with Crippen LogP contribution in [0.3, 0.4) is 0 Å². The summed E-state index contributed by atoms with van der Waals surface area (Å²) in [7, 11) is 0. The predicted octanol–water partition coefficient (Wildman–Crippen LogP) is 5.86. The summed E-state index contributed by atoms with van der Waals surface area (Å²) >= 11 is 6.01. The minimum atomic E-state index is -0.185. The molecular weight excluding hydrogens is 357 g/mol. The van der Waals surface area contributed by atoms with E-state index in [1.165, 1.54) is 23.3 Å². The van der Waals surface area contributed by atoms with Crippen molar-refractivity contribution in [3.63, 3.8) is 0 Å². The molecule has 0 spiro atoms. The van der Waals surface area contributed by atoms with Crippen LogP contribution in [0.25, 0.3) is 0 Å². The summed E-state index contributed by atoms with van der Waals surface area (Å²) in [5.41, 5.74) is 3.79. The zero-order valence-electron chi connectivity index (χ0n) is 15.4. The molecule has 0 amide bonds. The van der Waals surface area contributed by atoms with Gasteiger partial charge in [0, 0.05) is 11.1 Å². The summed E-state index contributed by atoms with van der Waals surface area (Å²) in [4.78, 5) is 0. The van der Waals surface area contributed by atoms with Crippen LogP contribution in [0.15, 0.2) is 78.9 Å². The van der Waals surface area contributed by atoms with Gasteiger partial charge in [-0.1, -0.05) is 66.2 Å². The van der Waals surface area contributed by atoms with Crippen molar-refractivity contribution in [3.05, 3.63) is 106 Å². The molecule has 3 heteroatoms. The molecule has 1 atom stereocenters. The van der Waals surface area contributed by atoms with Crippen LogP contribution in [-0.4, -0.2) is 12.6 Å². The van der Waals surface area contributed by atoms with Crippen molar-refractivity contribution in [3.8, 4) is 0 Å². The number of aryl methyl sites for hydroxylation is 1. The van der Waals surface area contributed by atoms with Crippen molar-refractivity contribution in [2.75, 3.05) is 6.54 Å². The van der Waals surface area contributed by atoms with Gasteiger partial charge in [-0.2, -0.15) is 0 Å². The molecule has 27 heavy (non-hydrogen) atoms. The molecule has 0 bridgehead atoms. The summed E-state index contributed by atoms with van der Waals surface area (Å²) in [6, 6.07) is 25.8. The predicted molar refractivity (Wildman–Crippen MR) is 112 cm³/mol. The summed E-state index contributed by atoms with van der Waals surface area (Å²) in [5, 5.41) is 4.46. The topological polar surface area (TPSA) is 12.0 Å². The highest BCUT2D eigenvalue weighted by Gasteiger charge is 2.10. The average molecular weight is 382 g/mol. The van der Waals surface area contributed by atoms with Gasteiger partial charge in [-0.05, 0) is 73.2 Å². The van der Waals surface area contributed by atoms with Crippen molar-refractivity contribution in [1.29, 1.82) is 0 Å². The van der Waals surface area contributed by atoms with Crippen molar-refractivity contribution in [2.45, 2.75) is 31.7 Å². The third-order valence-electron chi connectivity index (χ3n) is 4.78. The highest BCUT2D eigenvalue weighted by atomic mass is 35.5. The van der Waals surface area contributed by atoms with Crippen molar-refractivity contribution < 1.29 is 4.39 Å². The van der Waals surface area contributed by atoms with E-state index in [9.17, 15) is 4.39 Å². The van der Waals surface area contributed by atoms with Gasteiger partial charge in [-0.3, -0.25) is 0 Å². The lowest BCUT2D eigenvalue weighted by Crippen LogP contribution is -2.33. The number of halogens is 2. The average Bonchev–Trinajstić information content (AvgIpc) is 2.70. The first-order valence-electron chi connectivity index (χ1n) is 9.45. The van der Waals surface area contributed by atoms with Crippen LogP contribution in [0.1, 0.15) is 23.1 Å². The van der Waals surface area contributed by atoms with Crippen LogP contribution < -0.4 is 5.32 Å². The van der Waals surface area contributed by atoms with E-state index >= 15 is 0 Å². The molecule has 1 N–H and O–H groups in total. The van der Waals surface area contributed by atoms with E-state index in [1.807, 2.05) is 24.3 Å². The Kier molecular flexibility index (Phi) is 7.44. The van der Waals surface area contributed by atoms with Gasteiger partial charge in [0.05, 0.1) is 0 Å².